The van der Waals surface area contributed by atoms with Crippen LogP contribution in [0.15, 0.2) is 73.4 Å². The number of nitrogens with zero attached hydrogens (tertiary/aromatic N) is 1. The Labute approximate surface area is 137 Å². The Balaban J connectivity index is 2.74. The van der Waals surface area contributed by atoms with Crippen molar-refractivity contribution in [2.75, 3.05) is 19.6 Å². The minimum atomic E-state index is 0.724. The van der Waals surface area contributed by atoms with Gasteiger partial charge in [0, 0.05) is 19.6 Å². The average Bonchev–Trinajstić information content (AvgIpc) is 2.89. The Hall–Kier alpha value is -1.60. The van der Waals surface area contributed by atoms with Gasteiger partial charge >= 0.3 is 0 Å². The molecule has 1 fully saturated rings. The summed E-state index contributed by atoms with van der Waals surface area (Å²) in [5.74, 6) is 1.50. The summed E-state index contributed by atoms with van der Waals surface area (Å²) in [6, 6.07) is 0. The summed E-state index contributed by atoms with van der Waals surface area (Å²) in [7, 11) is 0. The molecule has 0 aromatic rings. The van der Waals surface area contributed by atoms with Crippen molar-refractivity contribution < 1.29 is 0 Å². The molecule has 1 heterocycles. The maximum Gasteiger partial charge on any atom is 0.0233 e. The standard InChI is InChI=1S/C21H31N/c1-6-11-18(9-4)15-22-16-20(10-5)21(17-22)14-19(12-7-2)13-8-3/h6-9,11-13,20-21H,1-2,4,10,14-17H2,3,5H3/b13-8-,18-11+,19-12+. The highest BCUT2D eigenvalue weighted by Crippen LogP contribution is 2.32. The number of allylic oxidation sites excluding steroid dienone is 7. The molecule has 1 aliphatic heterocycles. The summed E-state index contributed by atoms with van der Waals surface area (Å²) in [6.45, 7) is 19.2. The van der Waals surface area contributed by atoms with Gasteiger partial charge in [-0.3, -0.25) is 4.90 Å². The van der Waals surface area contributed by atoms with Crippen LogP contribution in [0.1, 0.15) is 26.7 Å². The molecule has 22 heavy (non-hydrogen) atoms. The molecule has 1 aliphatic rings. The first kappa shape index (κ1) is 18.4. The van der Waals surface area contributed by atoms with E-state index in [1.165, 1.54) is 24.1 Å². The Bertz CT molecular complexity index is 464. The predicted molar refractivity (Wildman–Crippen MR) is 99.9 cm³/mol. The third-order valence-electron chi connectivity index (χ3n) is 4.39. The molecule has 120 valence electrons. The van der Waals surface area contributed by atoms with Gasteiger partial charge in [0.15, 0.2) is 0 Å². The lowest BCUT2D eigenvalue weighted by Gasteiger charge is -2.17. The zero-order valence-electron chi connectivity index (χ0n) is 14.3. The van der Waals surface area contributed by atoms with Gasteiger partial charge in [-0.2, -0.15) is 0 Å². The molecule has 0 aliphatic carbocycles. The van der Waals surface area contributed by atoms with E-state index in [9.17, 15) is 0 Å². The second kappa shape index (κ2) is 10.2. The number of hydrogen-bond donors (Lipinski definition) is 0. The van der Waals surface area contributed by atoms with E-state index in [1.807, 2.05) is 18.2 Å². The highest BCUT2D eigenvalue weighted by molar-refractivity contribution is 5.25. The van der Waals surface area contributed by atoms with E-state index in [-0.39, 0.29) is 0 Å². The van der Waals surface area contributed by atoms with Crippen LogP contribution in [0.25, 0.3) is 0 Å². The zero-order chi connectivity index (χ0) is 16.4. The van der Waals surface area contributed by atoms with Crippen LogP contribution in [0.3, 0.4) is 0 Å². The first-order valence-electron chi connectivity index (χ1n) is 8.29. The van der Waals surface area contributed by atoms with Crippen LogP contribution in [-0.2, 0) is 0 Å². The van der Waals surface area contributed by atoms with E-state index >= 15 is 0 Å². The van der Waals surface area contributed by atoms with Crippen molar-refractivity contribution in [2.24, 2.45) is 11.8 Å². The SMILES string of the molecule is C=C/C=C(\C=C/C)CC1CN(C/C(C=C)=C/C=C)CC1CC. The maximum atomic E-state index is 3.90. The third-order valence-corrected chi connectivity index (χ3v) is 4.39. The molecule has 0 radical (unpaired) electrons. The van der Waals surface area contributed by atoms with Gasteiger partial charge in [-0.1, -0.05) is 75.6 Å². The Morgan fingerprint density at radius 1 is 1.05 bits per heavy atom. The molecule has 2 unspecified atom stereocenters. The van der Waals surface area contributed by atoms with Crippen LogP contribution in [0.5, 0.6) is 0 Å². The van der Waals surface area contributed by atoms with E-state index in [0.29, 0.717) is 0 Å². The van der Waals surface area contributed by atoms with Gasteiger partial charge in [0.1, 0.15) is 0 Å². The van der Waals surface area contributed by atoms with Crippen LogP contribution >= 0.6 is 0 Å². The van der Waals surface area contributed by atoms with E-state index in [2.05, 4.69) is 62.8 Å². The second-order valence-corrected chi connectivity index (χ2v) is 5.99. The molecule has 0 aromatic heterocycles. The van der Waals surface area contributed by atoms with Crippen molar-refractivity contribution in [1.29, 1.82) is 0 Å². The van der Waals surface area contributed by atoms with Gasteiger partial charge in [0.25, 0.3) is 0 Å². The van der Waals surface area contributed by atoms with Crippen LogP contribution < -0.4 is 0 Å². The molecule has 0 spiro atoms. The minimum absolute atomic E-state index is 0.724. The fourth-order valence-corrected chi connectivity index (χ4v) is 3.31. The highest BCUT2D eigenvalue weighted by atomic mass is 15.2. The molecule has 0 saturated carbocycles. The molecular formula is C21H31N. The van der Waals surface area contributed by atoms with Gasteiger partial charge in [-0.05, 0) is 36.3 Å². The smallest absolute Gasteiger partial charge is 0.0233 e. The van der Waals surface area contributed by atoms with Gasteiger partial charge < -0.3 is 0 Å². The van der Waals surface area contributed by atoms with Crippen molar-refractivity contribution in [3.8, 4) is 0 Å². The van der Waals surface area contributed by atoms with Crippen molar-refractivity contribution in [2.45, 2.75) is 26.7 Å². The first-order valence-corrected chi connectivity index (χ1v) is 8.29. The van der Waals surface area contributed by atoms with E-state index in [1.54, 1.807) is 0 Å². The lowest BCUT2D eigenvalue weighted by atomic mass is 9.87. The summed E-state index contributed by atoms with van der Waals surface area (Å²) in [4.78, 5) is 2.55. The molecule has 2 atom stereocenters. The molecule has 1 heteroatoms. The van der Waals surface area contributed by atoms with E-state index < -0.39 is 0 Å². The average molecular weight is 297 g/mol. The number of likely N-dealkylation sites (tertiary alicyclic amines) is 1. The van der Waals surface area contributed by atoms with Crippen LogP contribution in [-0.4, -0.2) is 24.5 Å². The molecule has 0 aromatic carbocycles. The second-order valence-electron chi connectivity index (χ2n) is 5.99. The van der Waals surface area contributed by atoms with Gasteiger partial charge in [0.2, 0.25) is 0 Å². The molecule has 1 nitrogen and oxygen atoms in total. The van der Waals surface area contributed by atoms with Crippen molar-refractivity contribution in [3.05, 3.63) is 73.4 Å². The van der Waals surface area contributed by atoms with E-state index in [4.69, 9.17) is 0 Å². The van der Waals surface area contributed by atoms with Gasteiger partial charge in [-0.15, -0.1) is 0 Å². The maximum absolute atomic E-state index is 3.90. The molecule has 1 rings (SSSR count). The molecule has 0 N–H and O–H groups in total. The monoisotopic (exact) mass is 297 g/mol. The highest BCUT2D eigenvalue weighted by Gasteiger charge is 2.31. The minimum Gasteiger partial charge on any atom is -0.299 e. The van der Waals surface area contributed by atoms with E-state index in [0.717, 1.165) is 31.3 Å². The van der Waals surface area contributed by atoms with Crippen LogP contribution in [0, 0.1) is 11.8 Å². The van der Waals surface area contributed by atoms with Gasteiger partial charge in [-0.25, -0.2) is 0 Å². The van der Waals surface area contributed by atoms with Crippen molar-refractivity contribution >= 4 is 0 Å². The Kier molecular flexibility index (Phi) is 8.54. The molecular weight excluding hydrogens is 266 g/mol. The molecule has 1 saturated heterocycles. The summed E-state index contributed by atoms with van der Waals surface area (Å²) in [5, 5.41) is 0. The Morgan fingerprint density at radius 3 is 2.23 bits per heavy atom. The van der Waals surface area contributed by atoms with Crippen LogP contribution in [0.2, 0.25) is 0 Å². The zero-order valence-corrected chi connectivity index (χ0v) is 14.3. The predicted octanol–water partition coefficient (Wildman–Crippen LogP) is 5.32. The van der Waals surface area contributed by atoms with Crippen LogP contribution in [0.4, 0.5) is 0 Å². The third kappa shape index (κ3) is 5.65. The van der Waals surface area contributed by atoms with Gasteiger partial charge in [0.05, 0.1) is 0 Å². The normalized spacial score (nSPS) is 23.9. The summed E-state index contributed by atoms with van der Waals surface area (Å²) in [6.07, 6.45) is 16.6. The fourth-order valence-electron chi connectivity index (χ4n) is 3.31. The number of hydrogen-bond acceptors (Lipinski definition) is 1. The lowest BCUT2D eigenvalue weighted by Crippen LogP contribution is -2.23. The van der Waals surface area contributed by atoms with Crippen molar-refractivity contribution in [3.63, 3.8) is 0 Å². The summed E-state index contributed by atoms with van der Waals surface area (Å²) < 4.78 is 0. The summed E-state index contributed by atoms with van der Waals surface area (Å²) >= 11 is 0. The summed E-state index contributed by atoms with van der Waals surface area (Å²) in [5.41, 5.74) is 2.63. The molecule has 0 bridgehead atoms. The molecule has 0 amide bonds. The topological polar surface area (TPSA) is 3.24 Å². The van der Waals surface area contributed by atoms with Crippen molar-refractivity contribution in [1.82, 2.24) is 4.90 Å². The Morgan fingerprint density at radius 2 is 1.68 bits per heavy atom. The number of rotatable bonds is 9. The largest absolute Gasteiger partial charge is 0.299 e. The fraction of sp³-hybridized carbons (Fsp3) is 0.429. The lowest BCUT2D eigenvalue weighted by molar-refractivity contribution is 0.349. The quantitative estimate of drug-likeness (QED) is 0.520. The first-order chi connectivity index (χ1) is 10.7.